The Kier molecular flexibility index (Phi) is 6.16. The van der Waals surface area contributed by atoms with Crippen LogP contribution in [0.4, 0.5) is 0 Å². The van der Waals surface area contributed by atoms with Crippen molar-refractivity contribution in [2.45, 2.75) is 12.8 Å². The summed E-state index contributed by atoms with van der Waals surface area (Å²) in [6.07, 6.45) is 0.370. The Balaban J connectivity index is 1.91. The molecule has 0 fully saturated rings. The van der Waals surface area contributed by atoms with Gasteiger partial charge >= 0.3 is 5.97 Å². The lowest BCUT2D eigenvalue weighted by atomic mass is 10.2. The lowest BCUT2D eigenvalue weighted by Crippen LogP contribution is -2.38. The van der Waals surface area contributed by atoms with Crippen LogP contribution in [0.1, 0.15) is 22.5 Å². The third kappa shape index (κ3) is 4.46. The normalized spacial score (nSPS) is 10.6. The van der Waals surface area contributed by atoms with E-state index in [0.717, 1.165) is 10.1 Å². The smallest absolute Gasteiger partial charge is 0.303 e. The number of amides is 2. The van der Waals surface area contributed by atoms with Crippen molar-refractivity contribution in [2.75, 3.05) is 20.1 Å². The third-order valence-corrected chi connectivity index (χ3v) is 5.13. The van der Waals surface area contributed by atoms with Crippen LogP contribution in [-0.2, 0) is 9.59 Å². The lowest BCUT2D eigenvalue weighted by molar-refractivity contribution is -0.137. The Morgan fingerprint density at radius 3 is 2.67 bits per heavy atom. The number of carboxylic acid groups (broad SMARTS) is 1. The van der Waals surface area contributed by atoms with Crippen molar-refractivity contribution >= 4 is 50.8 Å². The fourth-order valence-electron chi connectivity index (χ4n) is 2.12. The van der Waals surface area contributed by atoms with Gasteiger partial charge in [0.2, 0.25) is 5.91 Å². The number of thiophene rings is 1. The van der Waals surface area contributed by atoms with Gasteiger partial charge in [-0.05, 0) is 12.5 Å². The molecule has 0 saturated carbocycles. The number of nitrogens with one attached hydrogen (secondary N) is 1. The predicted octanol–water partition coefficient (Wildman–Crippen LogP) is 2.61. The number of aliphatic carboxylic acids is 1. The summed E-state index contributed by atoms with van der Waals surface area (Å²) in [5.41, 5.74) is 0. The molecule has 0 unspecified atom stereocenters. The zero-order valence-corrected chi connectivity index (χ0v) is 14.6. The number of likely N-dealkylation sites (N-methyl/N-ethyl adjacent to an activating group) is 1. The van der Waals surface area contributed by atoms with Gasteiger partial charge in [0.05, 0.1) is 11.6 Å². The highest BCUT2D eigenvalue weighted by Gasteiger charge is 2.18. The number of carbonyl (C=O) groups is 3. The van der Waals surface area contributed by atoms with Crippen LogP contribution < -0.4 is 5.32 Å². The fourth-order valence-corrected chi connectivity index (χ4v) is 3.56. The fraction of sp³-hybridized carbons (Fsp3) is 0.312. The van der Waals surface area contributed by atoms with Gasteiger partial charge in [-0.3, -0.25) is 14.4 Å². The highest BCUT2D eigenvalue weighted by Crippen LogP contribution is 2.34. The van der Waals surface area contributed by atoms with Crippen LogP contribution in [0.2, 0.25) is 5.02 Å². The molecule has 0 aliphatic rings. The van der Waals surface area contributed by atoms with E-state index in [1.54, 1.807) is 7.05 Å². The van der Waals surface area contributed by atoms with Crippen molar-refractivity contribution in [3.63, 3.8) is 0 Å². The Morgan fingerprint density at radius 1 is 1.29 bits per heavy atom. The molecule has 2 aromatic rings. The van der Waals surface area contributed by atoms with E-state index in [1.807, 2.05) is 24.3 Å². The van der Waals surface area contributed by atoms with Gasteiger partial charge in [-0.2, -0.15) is 0 Å². The van der Waals surface area contributed by atoms with Gasteiger partial charge < -0.3 is 15.3 Å². The maximum absolute atomic E-state index is 12.2. The molecule has 0 spiro atoms. The van der Waals surface area contributed by atoms with Crippen molar-refractivity contribution < 1.29 is 19.5 Å². The van der Waals surface area contributed by atoms with Crippen molar-refractivity contribution in [3.05, 3.63) is 34.2 Å². The molecule has 0 saturated heterocycles. The van der Waals surface area contributed by atoms with Crippen molar-refractivity contribution in [1.82, 2.24) is 10.2 Å². The molecule has 2 rings (SSSR count). The van der Waals surface area contributed by atoms with Crippen LogP contribution >= 0.6 is 22.9 Å². The average molecular weight is 369 g/mol. The molecule has 0 atom stereocenters. The lowest BCUT2D eigenvalue weighted by Gasteiger charge is -2.16. The Morgan fingerprint density at radius 2 is 2.00 bits per heavy atom. The second kappa shape index (κ2) is 8.12. The van der Waals surface area contributed by atoms with E-state index in [9.17, 15) is 14.4 Å². The van der Waals surface area contributed by atoms with Crippen molar-refractivity contribution in [3.8, 4) is 0 Å². The molecule has 1 aromatic heterocycles. The number of carboxylic acids is 1. The maximum atomic E-state index is 12.2. The first-order chi connectivity index (χ1) is 11.4. The second-order valence-corrected chi connectivity index (χ2v) is 6.67. The van der Waals surface area contributed by atoms with Gasteiger partial charge in [0.15, 0.2) is 0 Å². The third-order valence-electron chi connectivity index (χ3n) is 3.45. The number of hydrogen-bond donors (Lipinski definition) is 2. The summed E-state index contributed by atoms with van der Waals surface area (Å²) in [5.74, 6) is -1.58. The number of hydrogen-bond acceptors (Lipinski definition) is 4. The highest BCUT2D eigenvalue weighted by molar-refractivity contribution is 7.21. The molecular weight excluding hydrogens is 352 g/mol. The molecule has 128 valence electrons. The van der Waals surface area contributed by atoms with E-state index in [0.29, 0.717) is 22.9 Å². The van der Waals surface area contributed by atoms with E-state index in [-0.39, 0.29) is 18.9 Å². The molecule has 0 bridgehead atoms. The molecule has 8 heteroatoms. The Labute approximate surface area is 148 Å². The Hall–Kier alpha value is -2.12. The van der Waals surface area contributed by atoms with Crippen LogP contribution in [0, 0.1) is 0 Å². The molecule has 2 amide bonds. The summed E-state index contributed by atoms with van der Waals surface area (Å²) < 4.78 is 0.907. The first-order valence-electron chi connectivity index (χ1n) is 7.31. The summed E-state index contributed by atoms with van der Waals surface area (Å²) >= 11 is 7.50. The SMILES string of the molecule is CN(CCCC(=O)O)C(=O)CNC(=O)c1sc2ccccc2c1Cl. The largest absolute Gasteiger partial charge is 0.481 e. The number of benzene rings is 1. The van der Waals surface area contributed by atoms with Crippen molar-refractivity contribution in [1.29, 1.82) is 0 Å². The van der Waals surface area contributed by atoms with Crippen LogP contribution in [0.3, 0.4) is 0 Å². The van der Waals surface area contributed by atoms with Gasteiger partial charge in [0.1, 0.15) is 4.88 Å². The molecular formula is C16H17ClN2O4S. The molecule has 6 nitrogen and oxygen atoms in total. The standard InChI is InChI=1S/C16H17ClN2O4S/c1-19(8-4-7-13(21)22)12(20)9-18-16(23)15-14(17)10-5-2-3-6-11(10)24-15/h2-3,5-6H,4,7-9H2,1H3,(H,18,23)(H,21,22). The predicted molar refractivity (Wildman–Crippen MR) is 93.7 cm³/mol. The van der Waals surface area contributed by atoms with Crippen LogP contribution in [0.5, 0.6) is 0 Å². The van der Waals surface area contributed by atoms with Crippen LogP contribution in [0.25, 0.3) is 10.1 Å². The van der Waals surface area contributed by atoms with E-state index in [2.05, 4.69) is 5.32 Å². The molecule has 1 aromatic carbocycles. The van der Waals surface area contributed by atoms with E-state index >= 15 is 0 Å². The minimum absolute atomic E-state index is 0.00136. The summed E-state index contributed by atoms with van der Waals surface area (Å²) in [6, 6.07) is 7.43. The highest BCUT2D eigenvalue weighted by atomic mass is 35.5. The van der Waals surface area contributed by atoms with Gasteiger partial charge in [0, 0.05) is 30.1 Å². The minimum atomic E-state index is -0.899. The number of fused-ring (bicyclic) bond motifs is 1. The zero-order chi connectivity index (χ0) is 17.7. The van der Waals surface area contributed by atoms with Crippen molar-refractivity contribution in [2.24, 2.45) is 0 Å². The van der Waals surface area contributed by atoms with Crippen LogP contribution in [-0.4, -0.2) is 47.9 Å². The summed E-state index contributed by atoms with van der Waals surface area (Å²) in [4.78, 5) is 36.4. The zero-order valence-electron chi connectivity index (χ0n) is 13.0. The number of nitrogens with zero attached hydrogens (tertiary/aromatic N) is 1. The van der Waals surface area contributed by atoms with Gasteiger partial charge in [0.25, 0.3) is 5.91 Å². The van der Waals surface area contributed by atoms with E-state index < -0.39 is 11.9 Å². The Bertz CT molecular complexity index is 775. The average Bonchev–Trinajstić information content (AvgIpc) is 2.89. The summed E-state index contributed by atoms with van der Waals surface area (Å²) in [5, 5.41) is 12.3. The summed E-state index contributed by atoms with van der Waals surface area (Å²) in [7, 11) is 1.57. The first-order valence-corrected chi connectivity index (χ1v) is 8.50. The molecule has 0 radical (unpaired) electrons. The topological polar surface area (TPSA) is 86.7 Å². The quantitative estimate of drug-likeness (QED) is 0.786. The minimum Gasteiger partial charge on any atom is -0.481 e. The number of carbonyl (C=O) groups excluding carboxylic acids is 2. The number of rotatable bonds is 7. The second-order valence-electron chi connectivity index (χ2n) is 5.24. The van der Waals surface area contributed by atoms with Gasteiger partial charge in [-0.1, -0.05) is 29.8 Å². The van der Waals surface area contributed by atoms with Gasteiger partial charge in [-0.15, -0.1) is 11.3 Å². The van der Waals surface area contributed by atoms with Gasteiger partial charge in [-0.25, -0.2) is 0 Å². The maximum Gasteiger partial charge on any atom is 0.303 e. The molecule has 1 heterocycles. The summed E-state index contributed by atoms with van der Waals surface area (Å²) in [6.45, 7) is 0.164. The molecule has 2 N–H and O–H groups in total. The number of halogens is 1. The molecule has 0 aliphatic carbocycles. The van der Waals surface area contributed by atoms with Crippen LogP contribution in [0.15, 0.2) is 24.3 Å². The first kappa shape index (κ1) is 18.2. The van der Waals surface area contributed by atoms with E-state index in [1.165, 1.54) is 16.2 Å². The monoisotopic (exact) mass is 368 g/mol. The van der Waals surface area contributed by atoms with E-state index in [4.69, 9.17) is 16.7 Å². The molecule has 0 aliphatic heterocycles. The molecule has 24 heavy (non-hydrogen) atoms.